The fraction of sp³-hybridized carbons (Fsp3) is 0. The summed E-state index contributed by atoms with van der Waals surface area (Å²) in [5.41, 5.74) is -0.114. The molecule has 2 rings (SSSR count). The summed E-state index contributed by atoms with van der Waals surface area (Å²) in [7, 11) is 0. The van der Waals surface area contributed by atoms with Crippen LogP contribution in [0.5, 0.6) is 0 Å². The third-order valence-electron chi connectivity index (χ3n) is 2.37. The average molecular weight is 302 g/mol. The summed E-state index contributed by atoms with van der Waals surface area (Å²) in [6.45, 7) is 0. The second kappa shape index (κ2) is 5.55. The third-order valence-corrected chi connectivity index (χ3v) is 3.00. The predicted octanol–water partition coefficient (Wildman–Crippen LogP) is 4.52. The highest BCUT2D eigenvalue weighted by molar-refractivity contribution is 6.40. The van der Waals surface area contributed by atoms with Crippen LogP contribution in [-0.2, 0) is 0 Å². The summed E-state index contributed by atoms with van der Waals surface area (Å²) in [4.78, 5) is 12.0. The first-order chi connectivity index (χ1) is 8.99. The summed E-state index contributed by atoms with van der Waals surface area (Å²) in [6, 6.07) is 7.39. The van der Waals surface area contributed by atoms with Gasteiger partial charge in [-0.1, -0.05) is 29.3 Å². The first-order valence-corrected chi connectivity index (χ1v) is 5.95. The zero-order valence-electron chi connectivity index (χ0n) is 9.38. The van der Waals surface area contributed by atoms with Crippen molar-refractivity contribution in [3.8, 4) is 0 Å². The van der Waals surface area contributed by atoms with Crippen LogP contribution >= 0.6 is 23.2 Å². The van der Waals surface area contributed by atoms with E-state index in [1.807, 2.05) is 0 Å². The minimum atomic E-state index is -0.878. The highest BCUT2D eigenvalue weighted by Gasteiger charge is 2.16. The summed E-state index contributed by atoms with van der Waals surface area (Å²) in [5, 5.41) is 2.58. The largest absolute Gasteiger partial charge is 0.319 e. The molecule has 0 unspecified atom stereocenters. The molecular formula is C13H7Cl2F2NO. The molecule has 0 aliphatic rings. The Bertz CT molecular complexity index is 626. The molecule has 0 heterocycles. The maximum Gasteiger partial charge on any atom is 0.258 e. The normalized spacial score (nSPS) is 10.3. The molecule has 98 valence electrons. The fourth-order valence-electron chi connectivity index (χ4n) is 1.49. The summed E-state index contributed by atoms with van der Waals surface area (Å²) >= 11 is 11.7. The Hall–Kier alpha value is -1.65. The van der Waals surface area contributed by atoms with Gasteiger partial charge in [0.1, 0.15) is 11.6 Å². The molecule has 0 aromatic heterocycles. The number of halogens is 4. The molecule has 0 saturated heterocycles. The van der Waals surface area contributed by atoms with E-state index in [1.54, 1.807) is 6.07 Å². The molecular weight excluding hydrogens is 295 g/mol. The zero-order chi connectivity index (χ0) is 14.0. The number of benzene rings is 2. The Morgan fingerprint density at radius 1 is 1.05 bits per heavy atom. The molecule has 2 aromatic carbocycles. The average Bonchev–Trinajstić information content (AvgIpc) is 2.32. The molecule has 0 radical (unpaired) electrons. The molecule has 1 amide bonds. The van der Waals surface area contributed by atoms with Crippen LogP contribution in [0.3, 0.4) is 0 Å². The lowest BCUT2D eigenvalue weighted by atomic mass is 10.2. The summed E-state index contributed by atoms with van der Waals surface area (Å²) in [5.74, 6) is -2.27. The maximum atomic E-state index is 13.4. The highest BCUT2D eigenvalue weighted by Crippen LogP contribution is 2.25. The van der Waals surface area contributed by atoms with E-state index in [4.69, 9.17) is 23.2 Å². The van der Waals surface area contributed by atoms with Crippen LogP contribution in [-0.4, -0.2) is 5.91 Å². The molecule has 0 aliphatic carbocycles. The minimum Gasteiger partial charge on any atom is -0.319 e. The number of hydrogen-bond donors (Lipinski definition) is 1. The molecule has 0 spiro atoms. The van der Waals surface area contributed by atoms with Gasteiger partial charge in [-0.25, -0.2) is 8.78 Å². The van der Waals surface area contributed by atoms with Crippen molar-refractivity contribution in [3.05, 3.63) is 63.6 Å². The van der Waals surface area contributed by atoms with Gasteiger partial charge < -0.3 is 5.32 Å². The van der Waals surface area contributed by atoms with Crippen LogP contribution in [0.25, 0.3) is 0 Å². The Kier molecular flexibility index (Phi) is 4.02. The number of amides is 1. The van der Waals surface area contributed by atoms with E-state index in [0.29, 0.717) is 6.07 Å². The molecule has 2 aromatic rings. The fourth-order valence-corrected chi connectivity index (χ4v) is 2.06. The number of hydrogen-bond acceptors (Lipinski definition) is 1. The lowest BCUT2D eigenvalue weighted by Crippen LogP contribution is -2.14. The van der Waals surface area contributed by atoms with E-state index in [1.165, 1.54) is 12.1 Å². The monoisotopic (exact) mass is 301 g/mol. The van der Waals surface area contributed by atoms with Crippen LogP contribution in [0.1, 0.15) is 10.4 Å². The maximum absolute atomic E-state index is 13.4. The Labute approximate surface area is 118 Å². The van der Waals surface area contributed by atoms with Crippen molar-refractivity contribution in [2.75, 3.05) is 5.32 Å². The Morgan fingerprint density at radius 3 is 2.26 bits per heavy atom. The van der Waals surface area contributed by atoms with Crippen molar-refractivity contribution >= 4 is 34.8 Å². The molecule has 0 saturated carbocycles. The van der Waals surface area contributed by atoms with Gasteiger partial charge in [-0.05, 0) is 24.3 Å². The molecule has 0 bridgehead atoms. The SMILES string of the molecule is O=C(Nc1ccc(F)cc1F)c1c(Cl)cccc1Cl. The van der Waals surface area contributed by atoms with Crippen molar-refractivity contribution in [2.45, 2.75) is 0 Å². The van der Waals surface area contributed by atoms with E-state index in [9.17, 15) is 13.6 Å². The number of rotatable bonds is 2. The highest BCUT2D eigenvalue weighted by atomic mass is 35.5. The van der Waals surface area contributed by atoms with Gasteiger partial charge in [0.15, 0.2) is 0 Å². The number of carbonyl (C=O) groups excluding carboxylic acids is 1. The van der Waals surface area contributed by atoms with Crippen LogP contribution in [0.15, 0.2) is 36.4 Å². The Morgan fingerprint density at radius 2 is 1.68 bits per heavy atom. The van der Waals surface area contributed by atoms with Crippen LogP contribution < -0.4 is 5.32 Å². The molecule has 6 heteroatoms. The van der Waals surface area contributed by atoms with E-state index < -0.39 is 17.5 Å². The quantitative estimate of drug-likeness (QED) is 0.868. The molecule has 0 atom stereocenters. The van der Waals surface area contributed by atoms with Gasteiger partial charge in [0.05, 0.1) is 21.3 Å². The predicted molar refractivity (Wildman–Crippen MR) is 70.8 cm³/mol. The molecule has 0 aliphatic heterocycles. The number of anilines is 1. The lowest BCUT2D eigenvalue weighted by Gasteiger charge is -2.09. The van der Waals surface area contributed by atoms with Gasteiger partial charge in [-0.15, -0.1) is 0 Å². The summed E-state index contributed by atoms with van der Waals surface area (Å²) < 4.78 is 26.1. The topological polar surface area (TPSA) is 29.1 Å². The van der Waals surface area contributed by atoms with E-state index in [0.717, 1.165) is 12.1 Å². The molecule has 2 nitrogen and oxygen atoms in total. The third kappa shape index (κ3) is 3.03. The molecule has 0 fully saturated rings. The second-order valence-electron chi connectivity index (χ2n) is 3.67. The van der Waals surface area contributed by atoms with Gasteiger partial charge >= 0.3 is 0 Å². The van der Waals surface area contributed by atoms with Gasteiger partial charge in [0, 0.05) is 6.07 Å². The first kappa shape index (κ1) is 13.8. The zero-order valence-corrected chi connectivity index (χ0v) is 10.9. The minimum absolute atomic E-state index is 0.0366. The van der Waals surface area contributed by atoms with Gasteiger partial charge in [0.2, 0.25) is 0 Å². The smallest absolute Gasteiger partial charge is 0.258 e. The van der Waals surface area contributed by atoms with Crippen molar-refractivity contribution in [3.63, 3.8) is 0 Å². The van der Waals surface area contributed by atoms with E-state index in [-0.39, 0.29) is 21.3 Å². The van der Waals surface area contributed by atoms with Crippen molar-refractivity contribution in [1.29, 1.82) is 0 Å². The summed E-state index contributed by atoms with van der Waals surface area (Å²) in [6.07, 6.45) is 0. The molecule has 19 heavy (non-hydrogen) atoms. The standard InChI is InChI=1S/C13H7Cl2F2NO/c14-8-2-1-3-9(15)12(8)13(19)18-11-5-4-7(16)6-10(11)17/h1-6H,(H,18,19). The number of nitrogens with one attached hydrogen (secondary N) is 1. The molecule has 1 N–H and O–H groups in total. The van der Waals surface area contributed by atoms with Crippen molar-refractivity contribution in [1.82, 2.24) is 0 Å². The van der Waals surface area contributed by atoms with Gasteiger partial charge in [0.25, 0.3) is 5.91 Å². The van der Waals surface area contributed by atoms with Gasteiger partial charge in [-0.3, -0.25) is 4.79 Å². The Balaban J connectivity index is 2.31. The lowest BCUT2D eigenvalue weighted by molar-refractivity contribution is 0.102. The first-order valence-electron chi connectivity index (χ1n) is 5.19. The van der Waals surface area contributed by atoms with Crippen molar-refractivity contribution in [2.24, 2.45) is 0 Å². The second-order valence-corrected chi connectivity index (χ2v) is 4.49. The van der Waals surface area contributed by atoms with Crippen LogP contribution in [0, 0.1) is 11.6 Å². The van der Waals surface area contributed by atoms with Crippen LogP contribution in [0.4, 0.5) is 14.5 Å². The van der Waals surface area contributed by atoms with E-state index in [2.05, 4.69) is 5.32 Å². The number of carbonyl (C=O) groups is 1. The van der Waals surface area contributed by atoms with Crippen LogP contribution in [0.2, 0.25) is 10.0 Å². The van der Waals surface area contributed by atoms with Crippen molar-refractivity contribution < 1.29 is 13.6 Å². The van der Waals surface area contributed by atoms with E-state index >= 15 is 0 Å². The van der Waals surface area contributed by atoms with Gasteiger partial charge in [-0.2, -0.15) is 0 Å².